The number of carboxylic acids is 1. The number of pyridine rings is 1. The zero-order valence-electron chi connectivity index (χ0n) is 9.64. The van der Waals surface area contributed by atoms with Crippen LogP contribution in [0.5, 0.6) is 0 Å². The van der Waals surface area contributed by atoms with Crippen molar-refractivity contribution in [1.29, 1.82) is 0 Å². The summed E-state index contributed by atoms with van der Waals surface area (Å²) in [6, 6.07) is 1.89. The molecule has 1 amide bonds. The Morgan fingerprint density at radius 3 is 2.94 bits per heavy atom. The van der Waals surface area contributed by atoms with E-state index in [2.05, 4.69) is 10.3 Å². The van der Waals surface area contributed by atoms with E-state index in [1.807, 2.05) is 6.07 Å². The molecule has 18 heavy (non-hydrogen) atoms. The first kappa shape index (κ1) is 11.0. The van der Waals surface area contributed by atoms with E-state index in [4.69, 9.17) is 5.11 Å². The molecule has 2 heterocycles. The molecule has 0 saturated heterocycles. The van der Waals surface area contributed by atoms with Gasteiger partial charge in [-0.05, 0) is 42.5 Å². The molecule has 5 nitrogen and oxygen atoms in total. The number of carbonyl (C=O) groups is 2. The number of carbonyl (C=O) groups excluding carboxylic acids is 1. The van der Waals surface area contributed by atoms with Gasteiger partial charge in [-0.25, -0.2) is 9.78 Å². The van der Waals surface area contributed by atoms with Gasteiger partial charge in [0.15, 0.2) is 0 Å². The second-order valence-corrected chi connectivity index (χ2v) is 4.86. The molecule has 92 valence electrons. The van der Waals surface area contributed by atoms with Crippen molar-refractivity contribution in [2.75, 3.05) is 5.32 Å². The van der Waals surface area contributed by atoms with Crippen LogP contribution in [0.2, 0.25) is 0 Å². The number of hydrogen-bond donors (Lipinski definition) is 2. The smallest absolute Gasteiger partial charge is 0.328 e. The topological polar surface area (TPSA) is 79.3 Å². The number of carboxylic acid groups (broad SMARTS) is 1. The van der Waals surface area contributed by atoms with E-state index in [0.29, 0.717) is 12.2 Å². The molecule has 1 aromatic rings. The van der Waals surface area contributed by atoms with E-state index >= 15 is 0 Å². The summed E-state index contributed by atoms with van der Waals surface area (Å²) < 4.78 is 0. The first-order chi connectivity index (χ1) is 8.59. The van der Waals surface area contributed by atoms with Gasteiger partial charge in [-0.3, -0.25) is 4.79 Å². The van der Waals surface area contributed by atoms with Gasteiger partial charge in [0.1, 0.15) is 5.82 Å². The fourth-order valence-electron chi connectivity index (χ4n) is 2.27. The standard InChI is InChI=1S/C13H12N2O3/c16-10(17)2-1-8-5-9-6-13(3-4-13)12(18)15-11(9)14-7-8/h1-2,5,7H,3-4,6H2,(H,16,17)(H,14,15,18)/b2-1+. The molecule has 0 aromatic carbocycles. The third-order valence-corrected chi connectivity index (χ3v) is 3.50. The Morgan fingerprint density at radius 2 is 2.28 bits per heavy atom. The summed E-state index contributed by atoms with van der Waals surface area (Å²) in [6.07, 6.45) is 6.70. The number of nitrogens with zero attached hydrogens (tertiary/aromatic N) is 1. The van der Waals surface area contributed by atoms with Gasteiger partial charge >= 0.3 is 5.97 Å². The van der Waals surface area contributed by atoms with E-state index in [-0.39, 0.29) is 11.3 Å². The van der Waals surface area contributed by atoms with Crippen LogP contribution in [0.3, 0.4) is 0 Å². The number of hydrogen-bond acceptors (Lipinski definition) is 3. The van der Waals surface area contributed by atoms with Crippen molar-refractivity contribution >= 4 is 23.8 Å². The van der Waals surface area contributed by atoms with Crippen LogP contribution in [0.1, 0.15) is 24.0 Å². The van der Waals surface area contributed by atoms with Gasteiger partial charge in [0.2, 0.25) is 5.91 Å². The molecule has 0 atom stereocenters. The molecule has 1 saturated carbocycles. The van der Waals surface area contributed by atoms with Gasteiger partial charge in [0.05, 0.1) is 5.41 Å². The highest BCUT2D eigenvalue weighted by Crippen LogP contribution is 2.52. The van der Waals surface area contributed by atoms with Crippen LogP contribution in [0.4, 0.5) is 5.82 Å². The third kappa shape index (κ3) is 1.77. The van der Waals surface area contributed by atoms with E-state index < -0.39 is 5.97 Å². The number of anilines is 1. The molecule has 1 spiro atoms. The number of amides is 1. The maximum Gasteiger partial charge on any atom is 0.328 e. The fraction of sp³-hybridized carbons (Fsp3) is 0.308. The number of nitrogens with one attached hydrogen (secondary N) is 1. The SMILES string of the molecule is O=C(O)/C=C/c1cnc2c(c1)CC1(CC1)C(=O)N2. The van der Waals surface area contributed by atoms with Crippen LogP contribution >= 0.6 is 0 Å². The third-order valence-electron chi connectivity index (χ3n) is 3.50. The highest BCUT2D eigenvalue weighted by Gasteiger charge is 2.52. The minimum atomic E-state index is -0.986. The second kappa shape index (κ2) is 3.66. The summed E-state index contributed by atoms with van der Waals surface area (Å²) >= 11 is 0. The van der Waals surface area contributed by atoms with Crippen molar-refractivity contribution in [2.24, 2.45) is 5.41 Å². The van der Waals surface area contributed by atoms with Crippen LogP contribution in [0, 0.1) is 5.41 Å². The van der Waals surface area contributed by atoms with Crippen molar-refractivity contribution in [3.05, 3.63) is 29.5 Å². The molecule has 1 fully saturated rings. The number of fused-ring (bicyclic) bond motifs is 1. The molecule has 5 heteroatoms. The number of aromatic nitrogens is 1. The van der Waals surface area contributed by atoms with Gasteiger partial charge < -0.3 is 10.4 Å². The first-order valence-corrected chi connectivity index (χ1v) is 5.80. The van der Waals surface area contributed by atoms with Gasteiger partial charge in [-0.1, -0.05) is 0 Å². The Balaban J connectivity index is 1.91. The van der Waals surface area contributed by atoms with Gasteiger partial charge in [-0.15, -0.1) is 0 Å². The Hall–Kier alpha value is -2.17. The molecule has 0 radical (unpaired) electrons. The van der Waals surface area contributed by atoms with Crippen LogP contribution < -0.4 is 5.32 Å². The van der Waals surface area contributed by atoms with Crippen molar-refractivity contribution in [1.82, 2.24) is 4.98 Å². The zero-order chi connectivity index (χ0) is 12.8. The summed E-state index contributed by atoms with van der Waals surface area (Å²) in [6.45, 7) is 0. The summed E-state index contributed by atoms with van der Waals surface area (Å²) in [5, 5.41) is 11.4. The average molecular weight is 244 g/mol. The number of aliphatic carboxylic acids is 1. The molecule has 1 aliphatic heterocycles. The van der Waals surface area contributed by atoms with Gasteiger partial charge in [0, 0.05) is 12.3 Å². The lowest BCUT2D eigenvalue weighted by Crippen LogP contribution is -2.31. The average Bonchev–Trinajstić information content (AvgIpc) is 3.09. The normalized spacial score (nSPS) is 19.7. The lowest BCUT2D eigenvalue weighted by molar-refractivity contribution is -0.131. The minimum Gasteiger partial charge on any atom is -0.478 e. The van der Waals surface area contributed by atoms with E-state index in [0.717, 1.165) is 30.0 Å². The molecule has 0 bridgehead atoms. The van der Waals surface area contributed by atoms with Crippen molar-refractivity contribution in [3.63, 3.8) is 0 Å². The molecule has 2 N–H and O–H groups in total. The molecule has 1 aromatic heterocycles. The monoisotopic (exact) mass is 244 g/mol. The highest BCUT2D eigenvalue weighted by molar-refractivity contribution is 5.99. The summed E-state index contributed by atoms with van der Waals surface area (Å²) in [4.78, 5) is 26.4. The Morgan fingerprint density at radius 1 is 1.50 bits per heavy atom. The lowest BCUT2D eigenvalue weighted by Gasteiger charge is -2.23. The van der Waals surface area contributed by atoms with Crippen molar-refractivity contribution < 1.29 is 14.7 Å². The molecule has 0 unspecified atom stereocenters. The highest BCUT2D eigenvalue weighted by atomic mass is 16.4. The van der Waals surface area contributed by atoms with Crippen LogP contribution in [-0.2, 0) is 16.0 Å². The minimum absolute atomic E-state index is 0.0660. The molecular weight excluding hydrogens is 232 g/mol. The van der Waals surface area contributed by atoms with Crippen molar-refractivity contribution in [2.45, 2.75) is 19.3 Å². The maximum absolute atomic E-state index is 11.8. The predicted molar refractivity (Wildman–Crippen MR) is 64.9 cm³/mol. The summed E-state index contributed by atoms with van der Waals surface area (Å²) in [5.74, 6) is -0.319. The quantitative estimate of drug-likeness (QED) is 0.772. The zero-order valence-corrected chi connectivity index (χ0v) is 9.64. The Labute approximate surface area is 104 Å². The summed E-state index contributed by atoms with van der Waals surface area (Å²) in [5.41, 5.74) is 1.51. The molecule has 2 aliphatic rings. The first-order valence-electron chi connectivity index (χ1n) is 5.80. The van der Waals surface area contributed by atoms with Gasteiger partial charge in [0.25, 0.3) is 0 Å². The van der Waals surface area contributed by atoms with Crippen LogP contribution in [0.15, 0.2) is 18.3 Å². The summed E-state index contributed by atoms with van der Waals surface area (Å²) in [7, 11) is 0. The van der Waals surface area contributed by atoms with E-state index in [1.54, 1.807) is 6.20 Å². The van der Waals surface area contributed by atoms with E-state index in [9.17, 15) is 9.59 Å². The Bertz CT molecular complexity index is 574. The second-order valence-electron chi connectivity index (χ2n) is 4.86. The lowest BCUT2D eigenvalue weighted by atomic mass is 9.92. The van der Waals surface area contributed by atoms with Crippen LogP contribution in [-0.4, -0.2) is 22.0 Å². The molecule has 1 aliphatic carbocycles. The predicted octanol–water partition coefficient (Wildman–Crippen LogP) is 1.45. The maximum atomic E-state index is 11.8. The molecule has 3 rings (SSSR count). The molecular formula is C13H12N2O3. The van der Waals surface area contributed by atoms with Crippen LogP contribution in [0.25, 0.3) is 6.08 Å². The van der Waals surface area contributed by atoms with Crippen molar-refractivity contribution in [3.8, 4) is 0 Å². The van der Waals surface area contributed by atoms with Gasteiger partial charge in [-0.2, -0.15) is 0 Å². The number of rotatable bonds is 2. The Kier molecular flexibility index (Phi) is 2.23. The fourth-order valence-corrected chi connectivity index (χ4v) is 2.27. The largest absolute Gasteiger partial charge is 0.478 e. The van der Waals surface area contributed by atoms with E-state index in [1.165, 1.54) is 6.08 Å².